The Hall–Kier alpha value is -3.34. The number of fused-ring (bicyclic) bond motifs is 1. The average Bonchev–Trinajstić information content (AvgIpc) is 2.70. The Bertz CT molecular complexity index is 998. The van der Waals surface area contributed by atoms with Crippen molar-refractivity contribution in [2.24, 2.45) is 0 Å². The van der Waals surface area contributed by atoms with Gasteiger partial charge in [-0.2, -0.15) is 0 Å². The molecule has 0 bridgehead atoms. The molecule has 138 valence electrons. The first-order valence-corrected chi connectivity index (χ1v) is 8.08. The number of aromatic nitrogens is 2. The number of anilines is 1. The molecule has 0 fully saturated rings. The quantitative estimate of drug-likeness (QED) is 0.509. The molecule has 0 radical (unpaired) electrons. The molecule has 0 spiro atoms. The number of hydrogen-bond acceptors (Lipinski definition) is 7. The molecule has 7 nitrogen and oxygen atoms in total. The van der Waals surface area contributed by atoms with Crippen molar-refractivity contribution in [2.75, 3.05) is 33.5 Å². The lowest BCUT2D eigenvalue weighted by Crippen LogP contribution is -2.05. The Kier molecular flexibility index (Phi) is 5.71. The zero-order chi connectivity index (χ0) is 19.2. The molecule has 7 heteroatoms. The highest BCUT2D eigenvalue weighted by atomic mass is 16.7. The van der Waals surface area contributed by atoms with Gasteiger partial charge < -0.3 is 24.7 Å². The number of methoxy groups -OCH3 is 2. The van der Waals surface area contributed by atoms with Gasteiger partial charge in [-0.1, -0.05) is 18.1 Å². The van der Waals surface area contributed by atoms with Gasteiger partial charge in [-0.15, -0.1) is 6.42 Å². The molecule has 0 aliphatic heterocycles. The third kappa shape index (κ3) is 4.08. The van der Waals surface area contributed by atoms with Crippen molar-refractivity contribution >= 4 is 16.7 Å². The molecule has 0 saturated carbocycles. The number of terminal acetylenes is 1. The largest absolute Gasteiger partial charge is 0.464 e. The maximum absolute atomic E-state index is 6.17. The number of hydrogen-bond donors (Lipinski definition) is 1. The minimum absolute atomic E-state index is 0.0620. The predicted molar refractivity (Wildman–Crippen MR) is 102 cm³/mol. The van der Waals surface area contributed by atoms with Crippen molar-refractivity contribution in [1.29, 1.82) is 0 Å². The van der Waals surface area contributed by atoms with Crippen LogP contribution in [-0.4, -0.2) is 37.8 Å². The maximum Gasteiger partial charge on any atom is 0.188 e. The van der Waals surface area contributed by atoms with Crippen LogP contribution in [0, 0.1) is 12.3 Å². The first-order chi connectivity index (χ1) is 13.2. The van der Waals surface area contributed by atoms with E-state index in [4.69, 9.17) is 31.1 Å². The van der Waals surface area contributed by atoms with E-state index in [-0.39, 0.29) is 13.6 Å². The van der Waals surface area contributed by atoms with Crippen molar-refractivity contribution in [3.8, 4) is 35.2 Å². The Morgan fingerprint density at radius 2 is 1.70 bits per heavy atom. The van der Waals surface area contributed by atoms with Gasteiger partial charge in [0, 0.05) is 36.8 Å². The Morgan fingerprint density at radius 1 is 1.00 bits per heavy atom. The second-order valence-electron chi connectivity index (χ2n) is 5.58. The Labute approximate surface area is 157 Å². The van der Waals surface area contributed by atoms with Crippen LogP contribution in [0.2, 0.25) is 0 Å². The standard InChI is InChI=1S/C20H19N3O4/c1-4-13-6-5-7-14(8-13)20-22-16-10-18(27-12-25-3)17(26-11-24-2)9-15(16)19(21)23-20/h1,5-10H,11-12H2,2-3H3,(H2,21,22,23). The van der Waals surface area contributed by atoms with Crippen molar-refractivity contribution in [2.45, 2.75) is 0 Å². The molecule has 3 aromatic rings. The summed E-state index contributed by atoms with van der Waals surface area (Å²) in [4.78, 5) is 9.01. The number of rotatable bonds is 7. The first-order valence-electron chi connectivity index (χ1n) is 8.08. The van der Waals surface area contributed by atoms with E-state index in [1.807, 2.05) is 24.3 Å². The van der Waals surface area contributed by atoms with Crippen LogP contribution in [-0.2, 0) is 9.47 Å². The second kappa shape index (κ2) is 8.36. The fraction of sp³-hybridized carbons (Fsp3) is 0.200. The van der Waals surface area contributed by atoms with E-state index in [1.54, 1.807) is 12.1 Å². The molecule has 1 aromatic heterocycles. The summed E-state index contributed by atoms with van der Waals surface area (Å²) in [6.07, 6.45) is 5.47. The van der Waals surface area contributed by atoms with Gasteiger partial charge in [-0.25, -0.2) is 9.97 Å². The number of benzene rings is 2. The van der Waals surface area contributed by atoms with Crippen LogP contribution in [0.3, 0.4) is 0 Å². The topological polar surface area (TPSA) is 88.7 Å². The van der Waals surface area contributed by atoms with Crippen LogP contribution in [0.1, 0.15) is 5.56 Å². The van der Waals surface area contributed by atoms with E-state index in [2.05, 4.69) is 15.9 Å². The summed E-state index contributed by atoms with van der Waals surface area (Å²) in [6.45, 7) is 0.124. The molecule has 0 aliphatic carbocycles. The zero-order valence-corrected chi connectivity index (χ0v) is 15.1. The smallest absolute Gasteiger partial charge is 0.188 e. The van der Waals surface area contributed by atoms with Crippen molar-refractivity contribution in [3.63, 3.8) is 0 Å². The summed E-state index contributed by atoms with van der Waals surface area (Å²) in [6, 6.07) is 10.8. The highest BCUT2D eigenvalue weighted by molar-refractivity contribution is 5.92. The first kappa shape index (κ1) is 18.5. The van der Waals surface area contributed by atoms with Gasteiger partial charge in [0.15, 0.2) is 30.9 Å². The van der Waals surface area contributed by atoms with E-state index in [0.29, 0.717) is 34.0 Å². The van der Waals surface area contributed by atoms with Gasteiger partial charge in [0.25, 0.3) is 0 Å². The molecule has 3 rings (SSSR count). The van der Waals surface area contributed by atoms with Crippen molar-refractivity contribution in [1.82, 2.24) is 9.97 Å². The highest BCUT2D eigenvalue weighted by Gasteiger charge is 2.14. The maximum atomic E-state index is 6.17. The molecule has 0 saturated heterocycles. The summed E-state index contributed by atoms with van der Waals surface area (Å²) in [7, 11) is 3.07. The van der Waals surface area contributed by atoms with Crippen LogP contribution in [0.25, 0.3) is 22.3 Å². The highest BCUT2D eigenvalue weighted by Crippen LogP contribution is 2.35. The van der Waals surface area contributed by atoms with Gasteiger partial charge in [-0.3, -0.25) is 0 Å². The van der Waals surface area contributed by atoms with E-state index >= 15 is 0 Å². The number of nitrogen functional groups attached to an aromatic ring is 1. The molecule has 1 heterocycles. The normalized spacial score (nSPS) is 10.6. The van der Waals surface area contributed by atoms with Gasteiger partial charge >= 0.3 is 0 Å². The van der Waals surface area contributed by atoms with Crippen molar-refractivity contribution < 1.29 is 18.9 Å². The SMILES string of the molecule is C#Cc1cccc(-c2nc(N)c3cc(OCOC)c(OCOC)cc3n2)c1. The molecule has 0 unspecified atom stereocenters. The summed E-state index contributed by atoms with van der Waals surface area (Å²) in [5.74, 6) is 4.31. The predicted octanol–water partition coefficient (Wildman–Crippen LogP) is 2.83. The summed E-state index contributed by atoms with van der Waals surface area (Å²) < 4.78 is 21.1. The van der Waals surface area contributed by atoms with Crippen LogP contribution in [0.4, 0.5) is 5.82 Å². The monoisotopic (exact) mass is 365 g/mol. The Balaban J connectivity index is 2.11. The van der Waals surface area contributed by atoms with E-state index in [9.17, 15) is 0 Å². The molecular formula is C20H19N3O4. The lowest BCUT2D eigenvalue weighted by Gasteiger charge is -2.14. The summed E-state index contributed by atoms with van der Waals surface area (Å²) >= 11 is 0. The van der Waals surface area contributed by atoms with E-state index in [0.717, 1.165) is 11.1 Å². The van der Waals surface area contributed by atoms with Gasteiger partial charge in [0.1, 0.15) is 5.82 Å². The molecule has 2 N–H and O–H groups in total. The van der Waals surface area contributed by atoms with E-state index in [1.165, 1.54) is 14.2 Å². The fourth-order valence-corrected chi connectivity index (χ4v) is 2.51. The average molecular weight is 365 g/mol. The van der Waals surface area contributed by atoms with E-state index < -0.39 is 0 Å². The van der Waals surface area contributed by atoms with Gasteiger partial charge in [0.2, 0.25) is 0 Å². The summed E-state index contributed by atoms with van der Waals surface area (Å²) in [5, 5.41) is 0.641. The van der Waals surface area contributed by atoms with Crippen LogP contribution >= 0.6 is 0 Å². The van der Waals surface area contributed by atoms with Gasteiger partial charge in [-0.05, 0) is 18.2 Å². The van der Waals surface area contributed by atoms with Crippen LogP contribution < -0.4 is 15.2 Å². The lowest BCUT2D eigenvalue weighted by molar-refractivity contribution is 0.0324. The molecule has 0 aliphatic rings. The number of nitrogens with two attached hydrogens (primary N) is 1. The number of nitrogens with zero attached hydrogens (tertiary/aromatic N) is 2. The zero-order valence-electron chi connectivity index (χ0n) is 15.1. The Morgan fingerprint density at radius 3 is 2.37 bits per heavy atom. The molecule has 27 heavy (non-hydrogen) atoms. The van der Waals surface area contributed by atoms with Crippen LogP contribution in [0.15, 0.2) is 36.4 Å². The lowest BCUT2D eigenvalue weighted by atomic mass is 10.1. The fourth-order valence-electron chi connectivity index (χ4n) is 2.51. The third-order valence-corrected chi connectivity index (χ3v) is 3.74. The molecule has 2 aromatic carbocycles. The molecular weight excluding hydrogens is 346 g/mol. The minimum atomic E-state index is 0.0620. The number of ether oxygens (including phenoxy) is 4. The second-order valence-corrected chi connectivity index (χ2v) is 5.58. The summed E-state index contributed by atoms with van der Waals surface area (Å²) in [5.41, 5.74) is 8.29. The van der Waals surface area contributed by atoms with Crippen molar-refractivity contribution in [3.05, 3.63) is 42.0 Å². The van der Waals surface area contributed by atoms with Crippen LogP contribution in [0.5, 0.6) is 11.5 Å². The molecule has 0 amide bonds. The molecule has 0 atom stereocenters. The van der Waals surface area contributed by atoms with Gasteiger partial charge in [0.05, 0.1) is 5.52 Å². The third-order valence-electron chi connectivity index (χ3n) is 3.74. The minimum Gasteiger partial charge on any atom is -0.464 e.